The Bertz CT molecular complexity index is 576. The Kier molecular flexibility index (Phi) is 3.91. The number of nitrogens with one attached hydrogen (secondary N) is 2. The molecular weight excluding hydrogens is 242 g/mol. The van der Waals surface area contributed by atoms with Crippen LogP contribution in [0.15, 0.2) is 24.3 Å². The van der Waals surface area contributed by atoms with Crippen LogP contribution in [-0.4, -0.2) is 27.6 Å². The van der Waals surface area contributed by atoms with Crippen molar-refractivity contribution < 1.29 is 4.79 Å². The lowest BCUT2D eigenvalue weighted by Gasteiger charge is -2.07. The average molecular weight is 259 g/mol. The maximum absolute atomic E-state index is 11.4. The molecule has 4 N–H and O–H groups in total. The Balaban J connectivity index is 2.35. The fourth-order valence-corrected chi connectivity index (χ4v) is 1.64. The monoisotopic (exact) mass is 259 g/mol. The first-order valence-corrected chi connectivity index (χ1v) is 6.13. The molecule has 0 atom stereocenters. The van der Waals surface area contributed by atoms with Crippen molar-refractivity contribution in [3.05, 3.63) is 30.1 Å². The first-order chi connectivity index (χ1) is 9.11. The molecule has 100 valence electrons. The van der Waals surface area contributed by atoms with Crippen molar-refractivity contribution in [2.24, 2.45) is 5.73 Å². The molecule has 1 aromatic heterocycles. The van der Waals surface area contributed by atoms with E-state index in [1.165, 1.54) is 0 Å². The molecule has 2 aromatic rings. The second-order valence-electron chi connectivity index (χ2n) is 4.50. The van der Waals surface area contributed by atoms with Gasteiger partial charge in [0.05, 0.1) is 12.2 Å². The SMILES string of the molecule is CC(C)c1nc(-c2ccccc2NC(=O)CN)n[nH]1. The zero-order valence-electron chi connectivity index (χ0n) is 11.0. The van der Waals surface area contributed by atoms with Crippen LogP contribution in [0.25, 0.3) is 11.4 Å². The average Bonchev–Trinajstić information content (AvgIpc) is 2.89. The second-order valence-corrected chi connectivity index (χ2v) is 4.50. The van der Waals surface area contributed by atoms with E-state index in [4.69, 9.17) is 5.73 Å². The fraction of sp³-hybridized carbons (Fsp3) is 0.308. The van der Waals surface area contributed by atoms with Gasteiger partial charge in [0.2, 0.25) is 5.91 Å². The van der Waals surface area contributed by atoms with Crippen molar-refractivity contribution in [2.45, 2.75) is 19.8 Å². The Labute approximate surface area is 111 Å². The number of carbonyl (C=O) groups excluding carboxylic acids is 1. The highest BCUT2D eigenvalue weighted by Crippen LogP contribution is 2.25. The molecule has 0 unspecified atom stereocenters. The van der Waals surface area contributed by atoms with Gasteiger partial charge in [-0.2, -0.15) is 5.10 Å². The molecule has 0 saturated carbocycles. The summed E-state index contributed by atoms with van der Waals surface area (Å²) in [6.45, 7) is 4.01. The van der Waals surface area contributed by atoms with Gasteiger partial charge in [0.25, 0.3) is 0 Å². The lowest BCUT2D eigenvalue weighted by Crippen LogP contribution is -2.22. The lowest BCUT2D eigenvalue weighted by atomic mass is 10.1. The van der Waals surface area contributed by atoms with Gasteiger partial charge in [0.1, 0.15) is 5.82 Å². The molecule has 0 aliphatic rings. The van der Waals surface area contributed by atoms with E-state index in [1.54, 1.807) is 6.07 Å². The summed E-state index contributed by atoms with van der Waals surface area (Å²) in [6.07, 6.45) is 0. The Hall–Kier alpha value is -2.21. The number of nitrogens with zero attached hydrogens (tertiary/aromatic N) is 2. The third kappa shape index (κ3) is 2.97. The van der Waals surface area contributed by atoms with Crippen molar-refractivity contribution in [3.8, 4) is 11.4 Å². The van der Waals surface area contributed by atoms with Gasteiger partial charge in [0.15, 0.2) is 5.82 Å². The van der Waals surface area contributed by atoms with E-state index in [0.717, 1.165) is 11.4 Å². The van der Waals surface area contributed by atoms with Crippen molar-refractivity contribution >= 4 is 11.6 Å². The zero-order valence-corrected chi connectivity index (χ0v) is 11.0. The van der Waals surface area contributed by atoms with Crippen LogP contribution < -0.4 is 11.1 Å². The highest BCUT2D eigenvalue weighted by atomic mass is 16.1. The molecule has 2 rings (SSSR count). The molecule has 0 radical (unpaired) electrons. The maximum atomic E-state index is 11.4. The molecule has 0 saturated heterocycles. The maximum Gasteiger partial charge on any atom is 0.238 e. The van der Waals surface area contributed by atoms with Crippen LogP contribution in [0.2, 0.25) is 0 Å². The topological polar surface area (TPSA) is 96.7 Å². The van der Waals surface area contributed by atoms with E-state index >= 15 is 0 Å². The van der Waals surface area contributed by atoms with E-state index in [-0.39, 0.29) is 18.4 Å². The number of hydrogen-bond donors (Lipinski definition) is 3. The summed E-state index contributed by atoms with van der Waals surface area (Å²) in [4.78, 5) is 15.8. The first-order valence-electron chi connectivity index (χ1n) is 6.13. The molecule has 0 bridgehead atoms. The second kappa shape index (κ2) is 5.62. The molecule has 1 aromatic carbocycles. The third-order valence-corrected chi connectivity index (χ3v) is 2.68. The molecular formula is C13H17N5O. The summed E-state index contributed by atoms with van der Waals surface area (Å²) in [6, 6.07) is 7.37. The number of rotatable bonds is 4. The molecule has 0 spiro atoms. The van der Waals surface area contributed by atoms with E-state index in [1.807, 2.05) is 32.0 Å². The summed E-state index contributed by atoms with van der Waals surface area (Å²) in [5.41, 5.74) is 6.73. The van der Waals surface area contributed by atoms with Crippen molar-refractivity contribution in [1.82, 2.24) is 15.2 Å². The number of hydrogen-bond acceptors (Lipinski definition) is 4. The van der Waals surface area contributed by atoms with Crippen LogP contribution in [0.4, 0.5) is 5.69 Å². The van der Waals surface area contributed by atoms with Gasteiger partial charge in [-0.15, -0.1) is 0 Å². The van der Waals surface area contributed by atoms with Gasteiger partial charge in [0, 0.05) is 11.5 Å². The number of aromatic amines is 1. The predicted molar refractivity (Wildman–Crippen MR) is 73.6 cm³/mol. The summed E-state index contributed by atoms with van der Waals surface area (Å²) < 4.78 is 0. The van der Waals surface area contributed by atoms with E-state index in [9.17, 15) is 4.79 Å². The first kappa shape index (κ1) is 13.2. The molecule has 6 nitrogen and oxygen atoms in total. The fourth-order valence-electron chi connectivity index (χ4n) is 1.64. The highest BCUT2D eigenvalue weighted by molar-refractivity contribution is 5.95. The van der Waals surface area contributed by atoms with Crippen molar-refractivity contribution in [3.63, 3.8) is 0 Å². The predicted octanol–water partition coefficient (Wildman–Crippen LogP) is 1.49. The minimum atomic E-state index is -0.243. The number of nitrogens with two attached hydrogens (primary N) is 1. The minimum Gasteiger partial charge on any atom is -0.324 e. The summed E-state index contributed by atoms with van der Waals surface area (Å²) >= 11 is 0. The number of aromatic nitrogens is 3. The van der Waals surface area contributed by atoms with Crippen LogP contribution >= 0.6 is 0 Å². The van der Waals surface area contributed by atoms with Gasteiger partial charge in [-0.3, -0.25) is 9.89 Å². The molecule has 1 heterocycles. The van der Waals surface area contributed by atoms with Crippen LogP contribution in [0.5, 0.6) is 0 Å². The summed E-state index contributed by atoms with van der Waals surface area (Å²) in [5, 5.41) is 9.82. The molecule has 0 aliphatic heterocycles. The number of anilines is 1. The van der Waals surface area contributed by atoms with Gasteiger partial charge >= 0.3 is 0 Å². The van der Waals surface area contributed by atoms with Crippen LogP contribution in [0.3, 0.4) is 0 Å². The van der Waals surface area contributed by atoms with Gasteiger partial charge in [-0.05, 0) is 12.1 Å². The van der Waals surface area contributed by atoms with E-state index in [2.05, 4.69) is 20.5 Å². The van der Waals surface area contributed by atoms with Crippen LogP contribution in [-0.2, 0) is 4.79 Å². The standard InChI is InChI=1S/C13H17N5O/c1-8(2)12-16-13(18-17-12)9-5-3-4-6-10(9)15-11(19)7-14/h3-6,8H,7,14H2,1-2H3,(H,15,19)(H,16,17,18). The Morgan fingerprint density at radius 3 is 2.79 bits per heavy atom. The summed E-state index contributed by atoms with van der Waals surface area (Å²) in [5.74, 6) is 1.41. The Morgan fingerprint density at radius 1 is 1.42 bits per heavy atom. The lowest BCUT2D eigenvalue weighted by molar-refractivity contribution is -0.114. The third-order valence-electron chi connectivity index (χ3n) is 2.68. The van der Waals surface area contributed by atoms with Crippen LogP contribution in [0.1, 0.15) is 25.6 Å². The van der Waals surface area contributed by atoms with Crippen LogP contribution in [0, 0.1) is 0 Å². The number of amides is 1. The number of benzene rings is 1. The van der Waals surface area contributed by atoms with Crippen molar-refractivity contribution in [2.75, 3.05) is 11.9 Å². The number of para-hydroxylation sites is 1. The number of carbonyl (C=O) groups is 1. The summed E-state index contributed by atoms with van der Waals surface area (Å²) in [7, 11) is 0. The molecule has 6 heteroatoms. The van der Waals surface area contributed by atoms with Gasteiger partial charge < -0.3 is 11.1 Å². The quantitative estimate of drug-likeness (QED) is 0.775. The largest absolute Gasteiger partial charge is 0.324 e. The zero-order chi connectivity index (χ0) is 13.8. The normalized spacial score (nSPS) is 10.7. The van der Waals surface area contributed by atoms with Crippen molar-refractivity contribution in [1.29, 1.82) is 0 Å². The minimum absolute atomic E-state index is 0.0560. The number of H-pyrrole nitrogens is 1. The Morgan fingerprint density at radius 2 is 2.16 bits per heavy atom. The molecule has 0 aliphatic carbocycles. The van der Waals surface area contributed by atoms with Gasteiger partial charge in [-0.25, -0.2) is 4.98 Å². The molecule has 19 heavy (non-hydrogen) atoms. The van der Waals surface area contributed by atoms with E-state index in [0.29, 0.717) is 11.5 Å². The smallest absolute Gasteiger partial charge is 0.238 e. The van der Waals surface area contributed by atoms with E-state index < -0.39 is 0 Å². The highest BCUT2D eigenvalue weighted by Gasteiger charge is 2.13. The van der Waals surface area contributed by atoms with Gasteiger partial charge in [-0.1, -0.05) is 26.0 Å². The molecule has 1 amide bonds. The molecule has 0 fully saturated rings.